The van der Waals surface area contributed by atoms with Crippen LogP contribution >= 0.6 is 0 Å². The summed E-state index contributed by atoms with van der Waals surface area (Å²) in [5, 5.41) is 0. The molecule has 2 unspecified atom stereocenters. The van der Waals surface area contributed by atoms with Crippen molar-refractivity contribution in [2.75, 3.05) is 12.3 Å². The number of aromatic nitrogens is 1. The lowest BCUT2D eigenvalue weighted by atomic mass is 9.68. The molecule has 3 aromatic rings. The largest absolute Gasteiger partial charge is 0.399 e. The Labute approximate surface area is 190 Å². The van der Waals surface area contributed by atoms with E-state index < -0.39 is 0 Å². The molecule has 1 heterocycles. The molecule has 5 heteroatoms. The summed E-state index contributed by atoms with van der Waals surface area (Å²) < 4.78 is 0. The van der Waals surface area contributed by atoms with Gasteiger partial charge in [0, 0.05) is 35.3 Å². The summed E-state index contributed by atoms with van der Waals surface area (Å²) in [5.41, 5.74) is 23.2. The van der Waals surface area contributed by atoms with E-state index in [0.717, 1.165) is 48.2 Å². The molecule has 2 atom stereocenters. The van der Waals surface area contributed by atoms with Crippen molar-refractivity contribution in [3.63, 3.8) is 0 Å². The van der Waals surface area contributed by atoms with Gasteiger partial charge in [-0.15, -0.1) is 0 Å². The van der Waals surface area contributed by atoms with Crippen molar-refractivity contribution in [2.24, 2.45) is 23.3 Å². The molecule has 32 heavy (non-hydrogen) atoms. The van der Waals surface area contributed by atoms with E-state index >= 15 is 0 Å². The first-order valence-corrected chi connectivity index (χ1v) is 11.4. The zero-order valence-corrected chi connectivity index (χ0v) is 18.4. The van der Waals surface area contributed by atoms with E-state index in [4.69, 9.17) is 22.2 Å². The quantitative estimate of drug-likeness (QED) is 0.483. The van der Waals surface area contributed by atoms with E-state index in [-0.39, 0.29) is 23.7 Å². The molecule has 1 aliphatic carbocycles. The van der Waals surface area contributed by atoms with Gasteiger partial charge in [0.25, 0.3) is 0 Å². The summed E-state index contributed by atoms with van der Waals surface area (Å²) in [6, 6.07) is 22.6. The number of carbonyl (C=O) groups is 1. The Hall–Kier alpha value is -3.18. The summed E-state index contributed by atoms with van der Waals surface area (Å²) in [7, 11) is 0. The number of pyridine rings is 1. The lowest BCUT2D eigenvalue weighted by Gasteiger charge is -2.37. The van der Waals surface area contributed by atoms with Crippen LogP contribution in [0.4, 0.5) is 5.69 Å². The average molecular weight is 429 g/mol. The summed E-state index contributed by atoms with van der Waals surface area (Å²) in [5.74, 6) is 0.502. The second-order valence-electron chi connectivity index (χ2n) is 8.89. The van der Waals surface area contributed by atoms with Crippen LogP contribution in [0.15, 0.2) is 72.9 Å². The minimum Gasteiger partial charge on any atom is -0.399 e. The highest BCUT2D eigenvalue weighted by molar-refractivity contribution is 5.76. The fourth-order valence-electron chi connectivity index (χ4n) is 5.26. The normalized spacial score (nSPS) is 20.4. The van der Waals surface area contributed by atoms with Crippen LogP contribution in [-0.4, -0.2) is 17.4 Å². The van der Waals surface area contributed by atoms with E-state index in [0.29, 0.717) is 12.5 Å². The summed E-state index contributed by atoms with van der Waals surface area (Å²) >= 11 is 0. The van der Waals surface area contributed by atoms with E-state index in [1.54, 1.807) is 0 Å². The smallest absolute Gasteiger partial charge is 0.220 e. The molecule has 5 nitrogen and oxygen atoms in total. The van der Waals surface area contributed by atoms with Crippen LogP contribution in [0.1, 0.15) is 48.8 Å². The number of amides is 1. The number of anilines is 1. The first-order chi connectivity index (χ1) is 15.6. The van der Waals surface area contributed by atoms with Crippen LogP contribution < -0.4 is 17.2 Å². The summed E-state index contributed by atoms with van der Waals surface area (Å²) in [6.07, 6.45) is 5.45. The van der Waals surface area contributed by atoms with Gasteiger partial charge in [0.15, 0.2) is 0 Å². The molecule has 6 N–H and O–H groups in total. The van der Waals surface area contributed by atoms with Crippen LogP contribution in [-0.2, 0) is 4.79 Å². The van der Waals surface area contributed by atoms with Crippen molar-refractivity contribution in [1.29, 1.82) is 0 Å². The lowest BCUT2D eigenvalue weighted by molar-refractivity contribution is -0.123. The highest BCUT2D eigenvalue weighted by Gasteiger charge is 2.36. The average Bonchev–Trinajstić information content (AvgIpc) is 2.83. The van der Waals surface area contributed by atoms with E-state index in [1.165, 1.54) is 5.56 Å². The third-order valence-corrected chi connectivity index (χ3v) is 6.94. The maximum absolute atomic E-state index is 11.7. The number of rotatable bonds is 7. The van der Waals surface area contributed by atoms with Crippen molar-refractivity contribution < 1.29 is 4.79 Å². The highest BCUT2D eigenvalue weighted by atomic mass is 16.1. The molecule has 166 valence electrons. The Morgan fingerprint density at radius 1 is 0.938 bits per heavy atom. The number of nitrogen functional groups attached to an aromatic ring is 1. The van der Waals surface area contributed by atoms with E-state index in [1.807, 2.05) is 36.5 Å². The predicted molar refractivity (Wildman–Crippen MR) is 130 cm³/mol. The van der Waals surface area contributed by atoms with Gasteiger partial charge in [-0.2, -0.15) is 0 Å². The van der Waals surface area contributed by atoms with Crippen molar-refractivity contribution in [3.05, 3.63) is 84.2 Å². The SMILES string of the molecule is NCC(c1ccccc1)C(c1cc(-c2cccc(N)c2)ccn1)C1CCC(C(N)=O)CC1. The van der Waals surface area contributed by atoms with Gasteiger partial charge in [-0.05, 0) is 79.1 Å². The fourth-order valence-corrected chi connectivity index (χ4v) is 5.26. The Morgan fingerprint density at radius 2 is 1.66 bits per heavy atom. The van der Waals surface area contributed by atoms with Crippen molar-refractivity contribution in [3.8, 4) is 11.1 Å². The number of hydrogen-bond donors (Lipinski definition) is 3. The number of primary amides is 1. The van der Waals surface area contributed by atoms with Gasteiger partial charge in [-0.1, -0.05) is 42.5 Å². The maximum atomic E-state index is 11.7. The molecule has 1 amide bonds. The van der Waals surface area contributed by atoms with Gasteiger partial charge in [0.1, 0.15) is 0 Å². The third-order valence-electron chi connectivity index (χ3n) is 6.94. The molecule has 0 radical (unpaired) electrons. The number of nitrogens with two attached hydrogens (primary N) is 3. The highest BCUT2D eigenvalue weighted by Crippen LogP contribution is 2.45. The number of hydrogen-bond acceptors (Lipinski definition) is 4. The second-order valence-corrected chi connectivity index (χ2v) is 8.89. The number of benzene rings is 2. The summed E-state index contributed by atoms with van der Waals surface area (Å²) in [4.78, 5) is 16.6. The van der Waals surface area contributed by atoms with Gasteiger partial charge in [-0.3, -0.25) is 9.78 Å². The first kappa shape index (κ1) is 22.0. The van der Waals surface area contributed by atoms with Gasteiger partial charge >= 0.3 is 0 Å². The Bertz CT molecular complexity index is 1040. The zero-order valence-electron chi connectivity index (χ0n) is 18.4. The van der Waals surface area contributed by atoms with Gasteiger partial charge in [0.2, 0.25) is 5.91 Å². The molecule has 0 bridgehead atoms. The van der Waals surface area contributed by atoms with Crippen LogP contribution in [0.2, 0.25) is 0 Å². The fraction of sp³-hybridized carbons (Fsp3) is 0.333. The van der Waals surface area contributed by atoms with Crippen LogP contribution in [0.25, 0.3) is 11.1 Å². The molecule has 1 aliphatic rings. The standard InChI is InChI=1S/C27H32N4O/c28-17-24(18-5-2-1-3-6-18)26(19-9-11-20(12-10-19)27(30)32)25-16-22(13-14-31-25)21-7-4-8-23(29)15-21/h1-8,13-16,19-20,24,26H,9-12,17,28-29H2,(H2,30,32). The van der Waals surface area contributed by atoms with Gasteiger partial charge in [-0.25, -0.2) is 0 Å². The molecule has 0 spiro atoms. The molecule has 4 rings (SSSR count). The molecule has 0 saturated heterocycles. The van der Waals surface area contributed by atoms with E-state index in [2.05, 4.69) is 36.4 Å². The molecule has 1 fully saturated rings. The molecule has 2 aromatic carbocycles. The molecule has 0 aliphatic heterocycles. The van der Waals surface area contributed by atoms with Crippen molar-refractivity contribution in [1.82, 2.24) is 4.98 Å². The second kappa shape index (κ2) is 9.96. The van der Waals surface area contributed by atoms with Crippen LogP contribution in [0.3, 0.4) is 0 Å². The maximum Gasteiger partial charge on any atom is 0.220 e. The number of nitrogens with zero attached hydrogens (tertiary/aromatic N) is 1. The number of carbonyl (C=O) groups excluding carboxylic acids is 1. The Balaban J connectivity index is 1.72. The zero-order chi connectivity index (χ0) is 22.5. The van der Waals surface area contributed by atoms with E-state index in [9.17, 15) is 4.79 Å². The topological polar surface area (TPSA) is 108 Å². The van der Waals surface area contributed by atoms with Gasteiger partial charge in [0.05, 0.1) is 0 Å². The minimum absolute atomic E-state index is 0.0217. The minimum atomic E-state index is -0.180. The Kier molecular flexibility index (Phi) is 6.86. The molecular formula is C27H32N4O. The molecule has 1 aromatic heterocycles. The monoisotopic (exact) mass is 428 g/mol. The first-order valence-electron chi connectivity index (χ1n) is 11.4. The molecule has 1 saturated carbocycles. The Morgan fingerprint density at radius 3 is 2.31 bits per heavy atom. The van der Waals surface area contributed by atoms with Crippen molar-refractivity contribution in [2.45, 2.75) is 37.5 Å². The molecular weight excluding hydrogens is 396 g/mol. The van der Waals surface area contributed by atoms with Crippen molar-refractivity contribution >= 4 is 11.6 Å². The summed E-state index contributed by atoms with van der Waals surface area (Å²) in [6.45, 7) is 0.536. The third kappa shape index (κ3) is 4.83. The predicted octanol–water partition coefficient (Wildman–Crippen LogP) is 4.45. The van der Waals surface area contributed by atoms with Gasteiger partial charge < -0.3 is 17.2 Å². The van der Waals surface area contributed by atoms with Crippen LogP contribution in [0, 0.1) is 11.8 Å². The van der Waals surface area contributed by atoms with Crippen LogP contribution in [0.5, 0.6) is 0 Å². The lowest BCUT2D eigenvalue weighted by Crippen LogP contribution is -2.33.